The summed E-state index contributed by atoms with van der Waals surface area (Å²) < 4.78 is 40.0. The lowest BCUT2D eigenvalue weighted by molar-refractivity contribution is -0.393. The number of aliphatic hydroxyl groups is 2. The molecule has 306 valence electrons. The van der Waals surface area contributed by atoms with E-state index < -0.39 is 40.7 Å². The lowest BCUT2D eigenvalue weighted by Crippen LogP contribution is -2.60. The van der Waals surface area contributed by atoms with Crippen molar-refractivity contribution in [1.82, 2.24) is 4.98 Å². The van der Waals surface area contributed by atoms with Gasteiger partial charge in [0, 0.05) is 36.5 Å². The van der Waals surface area contributed by atoms with Gasteiger partial charge in [0.2, 0.25) is 0 Å². The summed E-state index contributed by atoms with van der Waals surface area (Å²) in [6.45, 7) is 20.7. The highest BCUT2D eigenvalue weighted by molar-refractivity contribution is 5.84. The van der Waals surface area contributed by atoms with E-state index in [0.29, 0.717) is 38.0 Å². The summed E-state index contributed by atoms with van der Waals surface area (Å²) in [5, 5.41) is 22.9. The highest BCUT2D eigenvalue weighted by Gasteiger charge is 2.60. The zero-order valence-corrected chi connectivity index (χ0v) is 34.8. The minimum atomic E-state index is -1.04. The first-order valence-electron chi connectivity index (χ1n) is 21.4. The largest absolute Gasteiger partial charge is 0.449 e. The number of carbonyl (C=O) groups excluding carboxylic acids is 1. The van der Waals surface area contributed by atoms with E-state index in [1.807, 2.05) is 34.6 Å². The molecule has 5 aliphatic rings. The third kappa shape index (κ3) is 7.80. The predicted octanol–water partition coefficient (Wildman–Crippen LogP) is 8.29. The molecule has 2 N–H and O–H groups in total. The fraction of sp³-hybridized carbons (Fsp3) is 0.864. The van der Waals surface area contributed by atoms with Crippen molar-refractivity contribution in [3.63, 3.8) is 0 Å². The van der Waals surface area contributed by atoms with E-state index >= 15 is 0 Å². The number of rotatable bonds is 12. The number of hydrogen-bond donors (Lipinski definition) is 2. The van der Waals surface area contributed by atoms with Crippen LogP contribution in [0.15, 0.2) is 29.0 Å². The lowest BCUT2D eigenvalue weighted by atomic mass is 9.72. The average molecular weight is 758 g/mol. The van der Waals surface area contributed by atoms with Crippen LogP contribution in [0.5, 0.6) is 0 Å². The van der Waals surface area contributed by atoms with Crippen LogP contribution in [0.2, 0.25) is 0 Å². The second kappa shape index (κ2) is 16.3. The van der Waals surface area contributed by atoms with Gasteiger partial charge in [-0.05, 0) is 89.5 Å². The monoisotopic (exact) mass is 758 g/mol. The summed E-state index contributed by atoms with van der Waals surface area (Å²) in [6, 6.07) is 0. The number of Topliss-reactive ketones (excluding diaryl/α,β-unsaturated/α-hetero) is 1. The SMILES string of the molecule is CC[C@@H](C(=O)[C@@H](C)[C@@H](O)[C@H](C)[C@@H]1O[C@@H]([C@@H](CC)c2ncco2)CC[C@@H]1C)[C@H]1O[C@]2(C=CC[C@]3(CC[C@@](C)([C@H]4CC[C@](O)(CC)[C@H](C)O4)O3)O2)[C@H](C)C[C@@H]1C. The average Bonchev–Trinajstić information content (AvgIpc) is 3.80. The Bertz CT molecular complexity index is 1440. The molecule has 17 atom stereocenters. The Morgan fingerprint density at radius 2 is 1.72 bits per heavy atom. The zero-order chi connectivity index (χ0) is 39.2. The third-order valence-corrected chi connectivity index (χ3v) is 14.8. The van der Waals surface area contributed by atoms with Crippen molar-refractivity contribution in [2.24, 2.45) is 35.5 Å². The van der Waals surface area contributed by atoms with E-state index in [1.165, 1.54) is 0 Å². The van der Waals surface area contributed by atoms with Gasteiger partial charge in [-0.1, -0.05) is 61.5 Å². The third-order valence-electron chi connectivity index (χ3n) is 14.8. The molecule has 4 saturated heterocycles. The predicted molar refractivity (Wildman–Crippen MR) is 205 cm³/mol. The van der Waals surface area contributed by atoms with Gasteiger partial charge in [-0.2, -0.15) is 0 Å². The minimum Gasteiger partial charge on any atom is -0.449 e. The molecule has 4 fully saturated rings. The standard InChI is InChI=1S/C44H71NO9/c1-11-32(40-45-23-24-49-40)34-16-15-26(4)38(51-34)30(8)36(46)29(7)37(47)33(12-2)39-27(5)25-28(6)44(52-39)19-14-18-43(54-44)22-21-41(10,53-43)35-17-20-42(48,13-3)31(9)50-35/h14,19,23-24,26-36,38-39,46,48H,11-13,15-18,20-22,25H2,1-10H3/t26-,27-,28+,29-,30-,31-,32+,33-,34+,35+,36+,38+,39-,41-,42+,43+,44-/m0/s1. The van der Waals surface area contributed by atoms with Crippen molar-refractivity contribution < 1.29 is 43.1 Å². The molecule has 0 saturated carbocycles. The van der Waals surface area contributed by atoms with E-state index in [4.69, 9.17) is 28.1 Å². The normalized spacial score (nSPS) is 44.2. The maximum atomic E-state index is 14.5. The molecule has 5 aliphatic heterocycles. The van der Waals surface area contributed by atoms with Crippen molar-refractivity contribution in [1.29, 1.82) is 0 Å². The maximum absolute atomic E-state index is 14.5. The van der Waals surface area contributed by atoms with Crippen LogP contribution in [0.1, 0.15) is 152 Å². The molecule has 0 radical (unpaired) electrons. The molecule has 0 bridgehead atoms. The van der Waals surface area contributed by atoms with Gasteiger partial charge in [0.25, 0.3) is 0 Å². The number of aliphatic hydroxyl groups excluding tert-OH is 1. The van der Waals surface area contributed by atoms with Crippen LogP contribution >= 0.6 is 0 Å². The lowest BCUT2D eigenvalue weighted by Gasteiger charge is -2.53. The first kappa shape index (κ1) is 42.0. The van der Waals surface area contributed by atoms with E-state index in [0.717, 1.165) is 38.5 Å². The molecule has 0 aromatic carbocycles. The second-order valence-electron chi connectivity index (χ2n) is 18.3. The fourth-order valence-electron chi connectivity index (χ4n) is 10.9. The van der Waals surface area contributed by atoms with Gasteiger partial charge >= 0.3 is 0 Å². The number of carbonyl (C=O) groups is 1. The fourth-order valence-corrected chi connectivity index (χ4v) is 10.9. The zero-order valence-electron chi connectivity index (χ0n) is 34.8. The van der Waals surface area contributed by atoms with E-state index in [2.05, 4.69) is 51.8 Å². The van der Waals surface area contributed by atoms with Crippen LogP contribution in [0.25, 0.3) is 0 Å². The van der Waals surface area contributed by atoms with Crippen molar-refractivity contribution >= 4 is 5.78 Å². The molecule has 10 heteroatoms. The molecule has 1 aromatic heterocycles. The highest BCUT2D eigenvalue weighted by atomic mass is 16.8. The summed E-state index contributed by atoms with van der Waals surface area (Å²) in [5.74, 6) is -1.99. The number of hydrogen-bond acceptors (Lipinski definition) is 10. The van der Waals surface area contributed by atoms with Gasteiger partial charge in [-0.3, -0.25) is 4.79 Å². The van der Waals surface area contributed by atoms with Gasteiger partial charge in [0.1, 0.15) is 12.0 Å². The number of aromatic nitrogens is 1. The van der Waals surface area contributed by atoms with Crippen LogP contribution in [0.3, 0.4) is 0 Å². The molecular weight excluding hydrogens is 686 g/mol. The van der Waals surface area contributed by atoms with Gasteiger partial charge < -0.3 is 38.3 Å². The molecule has 6 rings (SSSR count). The van der Waals surface area contributed by atoms with E-state index in [1.54, 1.807) is 12.5 Å². The van der Waals surface area contributed by atoms with E-state index in [9.17, 15) is 15.0 Å². The maximum Gasteiger partial charge on any atom is 0.199 e. The van der Waals surface area contributed by atoms with Crippen molar-refractivity contribution in [3.8, 4) is 0 Å². The molecule has 10 nitrogen and oxygen atoms in total. The summed E-state index contributed by atoms with van der Waals surface area (Å²) in [4.78, 5) is 19.0. The Hall–Kier alpha value is -1.66. The van der Waals surface area contributed by atoms with Crippen LogP contribution in [-0.2, 0) is 28.5 Å². The summed E-state index contributed by atoms with van der Waals surface area (Å²) in [5.41, 5.74) is -1.37. The first-order chi connectivity index (χ1) is 25.5. The highest BCUT2D eigenvalue weighted by Crippen LogP contribution is 2.54. The molecule has 1 aromatic rings. The van der Waals surface area contributed by atoms with Gasteiger partial charge in [-0.25, -0.2) is 4.98 Å². The van der Waals surface area contributed by atoms with Gasteiger partial charge in [-0.15, -0.1) is 0 Å². The van der Waals surface area contributed by atoms with E-state index in [-0.39, 0.29) is 65.9 Å². The van der Waals surface area contributed by atoms with Crippen LogP contribution in [-0.4, -0.2) is 80.4 Å². The molecule has 0 aliphatic carbocycles. The van der Waals surface area contributed by atoms with Crippen molar-refractivity contribution in [3.05, 3.63) is 30.5 Å². The molecule has 0 unspecified atom stereocenters. The molecule has 2 spiro atoms. The number of nitrogens with zero attached hydrogens (tertiary/aromatic N) is 1. The van der Waals surface area contributed by atoms with Crippen LogP contribution in [0.4, 0.5) is 0 Å². The topological polar surface area (TPSA) is 130 Å². The number of oxazole rings is 1. The summed E-state index contributed by atoms with van der Waals surface area (Å²) in [6.07, 6.45) is 13.9. The first-order valence-corrected chi connectivity index (χ1v) is 21.4. The molecule has 54 heavy (non-hydrogen) atoms. The second-order valence-corrected chi connectivity index (χ2v) is 18.3. The summed E-state index contributed by atoms with van der Waals surface area (Å²) >= 11 is 0. The Balaban J connectivity index is 1.14. The Kier molecular flexibility index (Phi) is 12.7. The Morgan fingerprint density at radius 3 is 2.37 bits per heavy atom. The summed E-state index contributed by atoms with van der Waals surface area (Å²) in [7, 11) is 0. The van der Waals surface area contributed by atoms with Crippen molar-refractivity contribution in [2.75, 3.05) is 0 Å². The Morgan fingerprint density at radius 1 is 0.963 bits per heavy atom. The molecular formula is C44H71NO9. The van der Waals surface area contributed by atoms with Gasteiger partial charge in [0.15, 0.2) is 17.5 Å². The quantitative estimate of drug-likeness (QED) is 0.201. The number of ether oxygens (including phenoxy) is 5. The number of ketones is 1. The molecule has 0 amide bonds. The Labute approximate surface area is 324 Å². The van der Waals surface area contributed by atoms with Crippen LogP contribution in [0, 0.1) is 35.5 Å². The van der Waals surface area contributed by atoms with Crippen molar-refractivity contribution in [2.45, 2.75) is 205 Å². The van der Waals surface area contributed by atoms with Crippen LogP contribution < -0.4 is 0 Å². The van der Waals surface area contributed by atoms with Gasteiger partial charge in [0.05, 0.1) is 59.9 Å². The minimum absolute atomic E-state index is 0.0273. The smallest absolute Gasteiger partial charge is 0.199 e. The molecule has 6 heterocycles.